The summed E-state index contributed by atoms with van der Waals surface area (Å²) < 4.78 is 0. The van der Waals surface area contributed by atoms with Crippen LogP contribution in [-0.2, 0) is 11.2 Å². The summed E-state index contributed by atoms with van der Waals surface area (Å²) in [5, 5.41) is 1.07. The minimum absolute atomic E-state index is 0.0147. The van der Waals surface area contributed by atoms with Crippen LogP contribution < -0.4 is 5.73 Å². The zero-order chi connectivity index (χ0) is 11.5. The van der Waals surface area contributed by atoms with Crippen molar-refractivity contribution < 1.29 is 4.79 Å². The predicted octanol–water partition coefficient (Wildman–Crippen LogP) is 1.69. The third-order valence-electron chi connectivity index (χ3n) is 2.70. The van der Waals surface area contributed by atoms with Crippen molar-refractivity contribution in [1.82, 2.24) is 4.98 Å². The van der Waals surface area contributed by atoms with Crippen LogP contribution in [0.4, 0.5) is 0 Å². The average molecular weight is 214 g/mol. The monoisotopic (exact) mass is 214 g/mol. The third kappa shape index (κ3) is 2.09. The lowest BCUT2D eigenvalue weighted by Crippen LogP contribution is -2.30. The molecule has 1 unspecified atom stereocenters. The van der Waals surface area contributed by atoms with Gasteiger partial charge in [0.1, 0.15) is 5.78 Å². The van der Waals surface area contributed by atoms with E-state index in [-0.39, 0.29) is 5.78 Å². The summed E-state index contributed by atoms with van der Waals surface area (Å²) in [5.41, 5.74) is 7.79. The molecule has 1 heterocycles. The summed E-state index contributed by atoms with van der Waals surface area (Å²) in [4.78, 5) is 15.4. The number of hydrogen-bond donors (Lipinski definition) is 1. The first-order valence-corrected chi connectivity index (χ1v) is 5.27. The van der Waals surface area contributed by atoms with Crippen LogP contribution >= 0.6 is 0 Å². The standard InChI is InChI=1S/C13H14N2O/c1-9(16)12(14)8-10-6-7-15-13-5-3-2-4-11(10)13/h2-7,12H,8,14H2,1H3. The van der Waals surface area contributed by atoms with Gasteiger partial charge in [-0.2, -0.15) is 0 Å². The van der Waals surface area contributed by atoms with Crippen molar-refractivity contribution in [2.24, 2.45) is 5.73 Å². The number of fused-ring (bicyclic) bond motifs is 1. The van der Waals surface area contributed by atoms with Gasteiger partial charge in [0, 0.05) is 11.6 Å². The van der Waals surface area contributed by atoms with Crippen LogP contribution in [0.3, 0.4) is 0 Å². The summed E-state index contributed by atoms with van der Waals surface area (Å²) in [6.45, 7) is 1.52. The fourth-order valence-electron chi connectivity index (χ4n) is 1.71. The Kier molecular flexibility index (Phi) is 2.97. The smallest absolute Gasteiger partial charge is 0.146 e. The van der Waals surface area contributed by atoms with Crippen molar-refractivity contribution in [3.05, 3.63) is 42.1 Å². The van der Waals surface area contributed by atoms with E-state index >= 15 is 0 Å². The Morgan fingerprint density at radius 1 is 1.38 bits per heavy atom. The van der Waals surface area contributed by atoms with Crippen molar-refractivity contribution in [2.45, 2.75) is 19.4 Å². The number of para-hydroxylation sites is 1. The van der Waals surface area contributed by atoms with Crippen LogP contribution in [0.1, 0.15) is 12.5 Å². The zero-order valence-electron chi connectivity index (χ0n) is 9.18. The number of ketones is 1. The van der Waals surface area contributed by atoms with Crippen molar-refractivity contribution >= 4 is 16.7 Å². The molecule has 1 aromatic heterocycles. The Hall–Kier alpha value is -1.74. The second-order valence-corrected chi connectivity index (χ2v) is 3.91. The third-order valence-corrected chi connectivity index (χ3v) is 2.70. The van der Waals surface area contributed by atoms with E-state index in [2.05, 4.69) is 4.98 Å². The summed E-state index contributed by atoms with van der Waals surface area (Å²) in [6.07, 6.45) is 2.32. The Bertz CT molecular complexity index is 517. The Morgan fingerprint density at radius 2 is 2.12 bits per heavy atom. The first-order chi connectivity index (χ1) is 7.68. The van der Waals surface area contributed by atoms with E-state index in [0.717, 1.165) is 16.5 Å². The Labute approximate surface area is 94.3 Å². The largest absolute Gasteiger partial charge is 0.321 e. The van der Waals surface area contributed by atoms with E-state index in [1.165, 1.54) is 6.92 Å². The number of rotatable bonds is 3. The van der Waals surface area contributed by atoms with Crippen molar-refractivity contribution in [1.29, 1.82) is 0 Å². The molecule has 16 heavy (non-hydrogen) atoms. The van der Waals surface area contributed by atoms with Gasteiger partial charge in [-0.25, -0.2) is 0 Å². The molecular formula is C13H14N2O. The highest BCUT2D eigenvalue weighted by Gasteiger charge is 2.10. The van der Waals surface area contributed by atoms with E-state index in [4.69, 9.17) is 5.73 Å². The molecule has 1 aromatic carbocycles. The summed E-state index contributed by atoms with van der Waals surface area (Å²) in [5.74, 6) is 0.0147. The molecule has 0 fully saturated rings. The first kappa shape index (κ1) is 10.8. The van der Waals surface area contributed by atoms with Crippen molar-refractivity contribution in [3.63, 3.8) is 0 Å². The van der Waals surface area contributed by atoms with Gasteiger partial charge in [0.2, 0.25) is 0 Å². The van der Waals surface area contributed by atoms with Crippen LogP contribution in [0, 0.1) is 0 Å². The highest BCUT2D eigenvalue weighted by atomic mass is 16.1. The maximum Gasteiger partial charge on any atom is 0.146 e. The van der Waals surface area contributed by atoms with Crippen LogP contribution in [0.15, 0.2) is 36.5 Å². The molecule has 2 aromatic rings. The Morgan fingerprint density at radius 3 is 2.88 bits per heavy atom. The zero-order valence-corrected chi connectivity index (χ0v) is 9.18. The molecule has 3 nitrogen and oxygen atoms in total. The Balaban J connectivity index is 2.41. The molecule has 3 heteroatoms. The number of benzene rings is 1. The van der Waals surface area contributed by atoms with Gasteiger partial charge < -0.3 is 5.73 Å². The number of pyridine rings is 1. The minimum atomic E-state index is -0.425. The maximum atomic E-state index is 11.1. The quantitative estimate of drug-likeness (QED) is 0.846. The SMILES string of the molecule is CC(=O)C(N)Cc1ccnc2ccccc12. The van der Waals surface area contributed by atoms with Gasteiger partial charge in [-0.05, 0) is 31.0 Å². The van der Waals surface area contributed by atoms with E-state index in [9.17, 15) is 4.79 Å². The van der Waals surface area contributed by atoms with Crippen LogP contribution in [-0.4, -0.2) is 16.8 Å². The summed E-state index contributed by atoms with van der Waals surface area (Å²) >= 11 is 0. The molecule has 0 aliphatic heterocycles. The molecule has 0 aliphatic carbocycles. The molecule has 0 bridgehead atoms. The van der Waals surface area contributed by atoms with Gasteiger partial charge >= 0.3 is 0 Å². The number of hydrogen-bond acceptors (Lipinski definition) is 3. The van der Waals surface area contributed by atoms with Gasteiger partial charge in [-0.15, -0.1) is 0 Å². The van der Waals surface area contributed by atoms with Crippen LogP contribution in [0.2, 0.25) is 0 Å². The van der Waals surface area contributed by atoms with Gasteiger partial charge in [-0.3, -0.25) is 9.78 Å². The highest BCUT2D eigenvalue weighted by Crippen LogP contribution is 2.17. The number of Topliss-reactive ketones (excluding diaryl/α,β-unsaturated/α-hetero) is 1. The summed E-state index contributed by atoms with van der Waals surface area (Å²) in [6, 6.07) is 9.37. The van der Waals surface area contributed by atoms with E-state index in [1.54, 1.807) is 6.20 Å². The topological polar surface area (TPSA) is 56.0 Å². The predicted molar refractivity (Wildman–Crippen MR) is 64.1 cm³/mol. The number of aromatic nitrogens is 1. The molecule has 0 radical (unpaired) electrons. The van der Waals surface area contributed by atoms with E-state index < -0.39 is 6.04 Å². The second kappa shape index (κ2) is 4.41. The molecule has 0 amide bonds. The molecule has 82 valence electrons. The summed E-state index contributed by atoms with van der Waals surface area (Å²) in [7, 11) is 0. The second-order valence-electron chi connectivity index (χ2n) is 3.91. The van der Waals surface area contributed by atoms with Gasteiger partial charge in [0.05, 0.1) is 11.6 Å². The first-order valence-electron chi connectivity index (χ1n) is 5.27. The lowest BCUT2D eigenvalue weighted by molar-refractivity contribution is -0.118. The fourth-order valence-corrected chi connectivity index (χ4v) is 1.71. The molecule has 1 atom stereocenters. The minimum Gasteiger partial charge on any atom is -0.321 e. The molecule has 0 spiro atoms. The average Bonchev–Trinajstić information content (AvgIpc) is 2.29. The van der Waals surface area contributed by atoms with Gasteiger partial charge in [0.15, 0.2) is 0 Å². The molecule has 0 saturated heterocycles. The van der Waals surface area contributed by atoms with Crippen molar-refractivity contribution in [2.75, 3.05) is 0 Å². The van der Waals surface area contributed by atoms with Crippen LogP contribution in [0.5, 0.6) is 0 Å². The van der Waals surface area contributed by atoms with E-state index in [0.29, 0.717) is 6.42 Å². The van der Waals surface area contributed by atoms with E-state index in [1.807, 2.05) is 30.3 Å². The molecule has 0 saturated carbocycles. The number of carbonyl (C=O) groups is 1. The van der Waals surface area contributed by atoms with Crippen LogP contribution in [0.25, 0.3) is 10.9 Å². The van der Waals surface area contributed by atoms with Gasteiger partial charge in [0.25, 0.3) is 0 Å². The number of nitrogens with zero attached hydrogens (tertiary/aromatic N) is 1. The normalized spacial score (nSPS) is 12.6. The number of nitrogens with two attached hydrogens (primary N) is 1. The lowest BCUT2D eigenvalue weighted by Gasteiger charge is -2.09. The maximum absolute atomic E-state index is 11.1. The fraction of sp³-hybridized carbons (Fsp3) is 0.231. The lowest BCUT2D eigenvalue weighted by atomic mass is 10.0. The highest BCUT2D eigenvalue weighted by molar-refractivity contribution is 5.85. The molecule has 2 N–H and O–H groups in total. The van der Waals surface area contributed by atoms with Gasteiger partial charge in [-0.1, -0.05) is 18.2 Å². The van der Waals surface area contributed by atoms with Crippen molar-refractivity contribution in [3.8, 4) is 0 Å². The molecule has 2 rings (SSSR count). The number of carbonyl (C=O) groups excluding carboxylic acids is 1. The molecular weight excluding hydrogens is 200 g/mol. The molecule has 0 aliphatic rings.